The van der Waals surface area contributed by atoms with Crippen molar-refractivity contribution in [2.75, 3.05) is 25.2 Å². The zero-order valence-corrected chi connectivity index (χ0v) is 23.1. The monoisotopic (exact) mass is 530 g/mol. The van der Waals surface area contributed by atoms with Gasteiger partial charge in [0.05, 0.1) is 13.0 Å². The van der Waals surface area contributed by atoms with Crippen molar-refractivity contribution in [1.29, 1.82) is 0 Å². The largest absolute Gasteiger partial charge is 0.466 e. The van der Waals surface area contributed by atoms with Gasteiger partial charge in [0.25, 0.3) is 0 Å². The predicted molar refractivity (Wildman–Crippen MR) is 144 cm³/mol. The molecule has 0 aliphatic rings. The Bertz CT molecular complexity index is 439. The van der Waals surface area contributed by atoms with E-state index in [0.717, 1.165) is 69.5 Å². The maximum absolute atomic E-state index is 12.1. The minimum Gasteiger partial charge on any atom is -0.466 e. The van der Waals surface area contributed by atoms with Gasteiger partial charge < -0.3 is 14.2 Å². The molecule has 33 heavy (non-hydrogen) atoms. The number of halogens is 1. The van der Waals surface area contributed by atoms with E-state index in [4.69, 9.17) is 14.2 Å². The number of ether oxygens (including phenoxy) is 3. The first-order chi connectivity index (χ1) is 16.2. The summed E-state index contributed by atoms with van der Waals surface area (Å²) in [4.78, 5) is 12.1. The average molecular weight is 532 g/mol. The van der Waals surface area contributed by atoms with Crippen LogP contribution in [0.15, 0.2) is 24.3 Å². The van der Waals surface area contributed by atoms with Crippen LogP contribution in [-0.4, -0.2) is 37.4 Å². The lowest BCUT2D eigenvalue weighted by Crippen LogP contribution is -2.21. The molecule has 0 N–H and O–H groups in total. The van der Waals surface area contributed by atoms with Crippen molar-refractivity contribution < 1.29 is 19.0 Å². The van der Waals surface area contributed by atoms with E-state index in [1.165, 1.54) is 25.7 Å². The normalized spacial score (nSPS) is 11.9. The summed E-state index contributed by atoms with van der Waals surface area (Å²) in [6, 6.07) is 0. The maximum atomic E-state index is 12.1. The van der Waals surface area contributed by atoms with E-state index >= 15 is 0 Å². The van der Waals surface area contributed by atoms with Crippen LogP contribution in [0.3, 0.4) is 0 Å². The standard InChI is InChI=1S/C28H51BrO4/c1-3-5-7-9-11-14-19-25-32-28(33-26-20-15-12-10-8-6-4-2)22-21-27(30)31-24-18-16-13-17-23-29/h5-8,28H,3-4,9-26H2,1-2H3/b7-5-,8-6-. The van der Waals surface area contributed by atoms with E-state index < -0.39 is 0 Å². The summed E-state index contributed by atoms with van der Waals surface area (Å²) < 4.78 is 17.3. The highest BCUT2D eigenvalue weighted by Gasteiger charge is 2.13. The summed E-state index contributed by atoms with van der Waals surface area (Å²) in [5.74, 6) is -0.141. The van der Waals surface area contributed by atoms with Gasteiger partial charge in [-0.15, -0.1) is 0 Å². The lowest BCUT2D eigenvalue weighted by atomic mass is 10.2. The molecular formula is C28H51BrO4. The topological polar surface area (TPSA) is 44.8 Å². The molecule has 0 aromatic rings. The highest BCUT2D eigenvalue weighted by Crippen LogP contribution is 2.11. The summed E-state index contributed by atoms with van der Waals surface area (Å²) in [7, 11) is 0. The number of carbonyl (C=O) groups is 1. The van der Waals surface area contributed by atoms with Crippen molar-refractivity contribution in [3.05, 3.63) is 24.3 Å². The summed E-state index contributed by atoms with van der Waals surface area (Å²) in [6.07, 6.45) is 25.3. The van der Waals surface area contributed by atoms with Gasteiger partial charge in [-0.2, -0.15) is 0 Å². The van der Waals surface area contributed by atoms with E-state index in [1.807, 2.05) is 0 Å². The molecule has 0 bridgehead atoms. The van der Waals surface area contributed by atoms with Gasteiger partial charge in [0.1, 0.15) is 0 Å². The van der Waals surface area contributed by atoms with Crippen molar-refractivity contribution in [3.63, 3.8) is 0 Å². The average Bonchev–Trinajstić information content (AvgIpc) is 2.82. The minimum absolute atomic E-state index is 0.141. The molecule has 0 saturated carbocycles. The number of unbranched alkanes of at least 4 members (excludes halogenated alkanes) is 9. The molecule has 4 nitrogen and oxygen atoms in total. The number of hydrogen-bond donors (Lipinski definition) is 0. The van der Waals surface area contributed by atoms with Crippen LogP contribution in [0.2, 0.25) is 0 Å². The zero-order chi connectivity index (χ0) is 24.2. The van der Waals surface area contributed by atoms with Gasteiger partial charge in [0.2, 0.25) is 0 Å². The van der Waals surface area contributed by atoms with E-state index in [-0.39, 0.29) is 12.3 Å². The van der Waals surface area contributed by atoms with Crippen LogP contribution in [0.25, 0.3) is 0 Å². The van der Waals surface area contributed by atoms with Crippen LogP contribution in [0.5, 0.6) is 0 Å². The Kier molecular flexibility index (Phi) is 27.0. The molecule has 194 valence electrons. The van der Waals surface area contributed by atoms with E-state index in [2.05, 4.69) is 54.1 Å². The molecule has 0 heterocycles. The number of alkyl halides is 1. The SMILES string of the molecule is CC/C=C\CCCCCOC(CCC(=O)OCCCCCCBr)OCCCCC/C=C\CC. The third-order valence-corrected chi connectivity index (χ3v) is 5.88. The van der Waals surface area contributed by atoms with Gasteiger partial charge in [-0.3, -0.25) is 4.79 Å². The van der Waals surface area contributed by atoms with Crippen LogP contribution in [0, 0.1) is 0 Å². The van der Waals surface area contributed by atoms with Crippen molar-refractivity contribution in [2.24, 2.45) is 0 Å². The first kappa shape index (κ1) is 32.4. The minimum atomic E-state index is -0.309. The number of esters is 1. The molecule has 0 atom stereocenters. The third kappa shape index (κ3) is 25.8. The fourth-order valence-corrected chi connectivity index (χ4v) is 3.74. The first-order valence-electron chi connectivity index (χ1n) is 13.5. The Morgan fingerprint density at radius 1 is 0.697 bits per heavy atom. The van der Waals surface area contributed by atoms with Crippen LogP contribution in [0.4, 0.5) is 0 Å². The van der Waals surface area contributed by atoms with Crippen molar-refractivity contribution in [3.8, 4) is 0 Å². The second kappa shape index (κ2) is 27.6. The molecule has 0 aromatic heterocycles. The Labute approximate surface area is 213 Å². The predicted octanol–water partition coefficient (Wildman–Crippen LogP) is 8.68. The van der Waals surface area contributed by atoms with Gasteiger partial charge in [0.15, 0.2) is 6.29 Å². The molecular weight excluding hydrogens is 480 g/mol. The van der Waals surface area contributed by atoms with Crippen molar-refractivity contribution in [1.82, 2.24) is 0 Å². The highest BCUT2D eigenvalue weighted by atomic mass is 79.9. The fraction of sp³-hybridized carbons (Fsp3) is 0.821. The molecule has 0 spiro atoms. The summed E-state index contributed by atoms with van der Waals surface area (Å²) in [5.41, 5.74) is 0. The Morgan fingerprint density at radius 2 is 1.21 bits per heavy atom. The van der Waals surface area contributed by atoms with E-state index in [0.29, 0.717) is 32.7 Å². The van der Waals surface area contributed by atoms with Crippen LogP contribution >= 0.6 is 15.9 Å². The molecule has 0 aliphatic carbocycles. The Hall–Kier alpha value is -0.650. The molecule has 0 radical (unpaired) electrons. The number of rotatable bonds is 25. The van der Waals surface area contributed by atoms with Gasteiger partial charge in [-0.1, -0.05) is 79.8 Å². The zero-order valence-electron chi connectivity index (χ0n) is 21.5. The van der Waals surface area contributed by atoms with Crippen molar-refractivity contribution in [2.45, 2.75) is 123 Å². The molecule has 0 amide bonds. The van der Waals surface area contributed by atoms with Crippen LogP contribution in [-0.2, 0) is 19.0 Å². The van der Waals surface area contributed by atoms with Gasteiger partial charge >= 0.3 is 5.97 Å². The molecule has 0 aliphatic heterocycles. The third-order valence-electron chi connectivity index (χ3n) is 5.32. The van der Waals surface area contributed by atoms with E-state index in [1.54, 1.807) is 0 Å². The Morgan fingerprint density at radius 3 is 1.76 bits per heavy atom. The summed E-state index contributed by atoms with van der Waals surface area (Å²) in [6.45, 7) is 6.22. The number of hydrogen-bond acceptors (Lipinski definition) is 4. The summed E-state index contributed by atoms with van der Waals surface area (Å²) >= 11 is 3.44. The summed E-state index contributed by atoms with van der Waals surface area (Å²) in [5, 5.41) is 1.04. The van der Waals surface area contributed by atoms with Crippen LogP contribution in [0.1, 0.15) is 117 Å². The molecule has 5 heteroatoms. The van der Waals surface area contributed by atoms with Gasteiger partial charge in [-0.05, 0) is 64.2 Å². The number of carbonyl (C=O) groups excluding carboxylic acids is 1. The second-order valence-electron chi connectivity index (χ2n) is 8.49. The molecule has 0 saturated heterocycles. The van der Waals surface area contributed by atoms with Crippen molar-refractivity contribution >= 4 is 21.9 Å². The number of allylic oxidation sites excluding steroid dienone is 4. The quantitative estimate of drug-likeness (QED) is 0.0389. The van der Waals surface area contributed by atoms with Gasteiger partial charge in [0, 0.05) is 25.0 Å². The lowest BCUT2D eigenvalue weighted by Gasteiger charge is -2.18. The Balaban J connectivity index is 4.07. The molecule has 0 fully saturated rings. The molecule has 0 rings (SSSR count). The van der Waals surface area contributed by atoms with Gasteiger partial charge in [-0.25, -0.2) is 0 Å². The second-order valence-corrected chi connectivity index (χ2v) is 9.28. The molecule has 0 unspecified atom stereocenters. The highest BCUT2D eigenvalue weighted by molar-refractivity contribution is 9.09. The maximum Gasteiger partial charge on any atom is 0.305 e. The smallest absolute Gasteiger partial charge is 0.305 e. The van der Waals surface area contributed by atoms with Crippen LogP contribution < -0.4 is 0 Å². The lowest BCUT2D eigenvalue weighted by molar-refractivity contribution is -0.159. The molecule has 0 aromatic carbocycles. The fourth-order valence-electron chi connectivity index (χ4n) is 3.34. The van der Waals surface area contributed by atoms with E-state index in [9.17, 15) is 4.79 Å². The first-order valence-corrected chi connectivity index (χ1v) is 14.6.